The summed E-state index contributed by atoms with van der Waals surface area (Å²) in [6.07, 6.45) is 1.90. The molecule has 0 saturated carbocycles. The largest absolute Gasteiger partial charge is 0.361 e. The van der Waals surface area contributed by atoms with Crippen molar-refractivity contribution >= 4 is 21.8 Å². The van der Waals surface area contributed by atoms with Gasteiger partial charge in [-0.2, -0.15) is 0 Å². The summed E-state index contributed by atoms with van der Waals surface area (Å²) in [5.74, 6) is 0.632. The smallest absolute Gasteiger partial charge is 0.268 e. The minimum atomic E-state index is -0.146. The minimum absolute atomic E-state index is 0.106. The zero-order chi connectivity index (χ0) is 14.9. The standard InChI is InChI=1S/C14H18BrN3O2/c1-5-18-7-11(15)6-12(18)14(19)16-8(2)13-9(3)17-20-10(13)4/h6-8H,5H2,1-4H3,(H,16,19). The van der Waals surface area contributed by atoms with Crippen LogP contribution in [-0.2, 0) is 6.54 Å². The summed E-state index contributed by atoms with van der Waals surface area (Å²) in [6, 6.07) is 1.67. The lowest BCUT2D eigenvalue weighted by Crippen LogP contribution is -2.29. The highest BCUT2D eigenvalue weighted by atomic mass is 79.9. The average Bonchev–Trinajstić information content (AvgIpc) is 2.92. The van der Waals surface area contributed by atoms with Gasteiger partial charge in [0.05, 0.1) is 11.7 Å². The van der Waals surface area contributed by atoms with Crippen LogP contribution in [0.25, 0.3) is 0 Å². The molecule has 0 fully saturated rings. The molecule has 2 aromatic heterocycles. The van der Waals surface area contributed by atoms with E-state index in [0.717, 1.165) is 28.0 Å². The molecular weight excluding hydrogens is 322 g/mol. The van der Waals surface area contributed by atoms with E-state index >= 15 is 0 Å². The highest BCUT2D eigenvalue weighted by Crippen LogP contribution is 2.22. The number of aryl methyl sites for hydroxylation is 3. The van der Waals surface area contributed by atoms with Crippen molar-refractivity contribution < 1.29 is 9.32 Å². The lowest BCUT2D eigenvalue weighted by atomic mass is 10.1. The Morgan fingerprint density at radius 1 is 1.55 bits per heavy atom. The van der Waals surface area contributed by atoms with E-state index in [9.17, 15) is 4.79 Å². The van der Waals surface area contributed by atoms with Gasteiger partial charge in [-0.3, -0.25) is 4.79 Å². The van der Waals surface area contributed by atoms with Gasteiger partial charge >= 0.3 is 0 Å². The van der Waals surface area contributed by atoms with Crippen LogP contribution in [0.15, 0.2) is 21.3 Å². The molecular formula is C14H18BrN3O2. The van der Waals surface area contributed by atoms with Crippen LogP contribution in [0.2, 0.25) is 0 Å². The molecule has 0 radical (unpaired) electrons. The van der Waals surface area contributed by atoms with Crippen molar-refractivity contribution in [3.63, 3.8) is 0 Å². The first-order valence-electron chi connectivity index (χ1n) is 6.53. The van der Waals surface area contributed by atoms with Gasteiger partial charge in [-0.05, 0) is 49.7 Å². The molecule has 0 spiro atoms. The number of hydrogen-bond donors (Lipinski definition) is 1. The molecule has 0 aromatic carbocycles. The summed E-state index contributed by atoms with van der Waals surface area (Å²) in [5.41, 5.74) is 2.38. The number of nitrogens with zero attached hydrogens (tertiary/aromatic N) is 2. The lowest BCUT2D eigenvalue weighted by molar-refractivity contribution is 0.0930. The van der Waals surface area contributed by atoms with Crippen LogP contribution in [0, 0.1) is 13.8 Å². The Balaban J connectivity index is 2.19. The number of carbonyl (C=O) groups is 1. The van der Waals surface area contributed by atoms with Gasteiger partial charge in [0.1, 0.15) is 11.5 Å². The Morgan fingerprint density at radius 2 is 2.25 bits per heavy atom. The Hall–Kier alpha value is -1.56. The fourth-order valence-electron chi connectivity index (χ4n) is 2.38. The third kappa shape index (κ3) is 2.80. The number of hydrogen-bond acceptors (Lipinski definition) is 3. The van der Waals surface area contributed by atoms with Crippen LogP contribution in [0.4, 0.5) is 0 Å². The minimum Gasteiger partial charge on any atom is -0.361 e. The van der Waals surface area contributed by atoms with E-state index in [1.165, 1.54) is 0 Å². The van der Waals surface area contributed by atoms with E-state index in [2.05, 4.69) is 26.4 Å². The van der Waals surface area contributed by atoms with E-state index in [-0.39, 0.29) is 11.9 Å². The Kier molecular flexibility index (Phi) is 4.32. The molecule has 0 aliphatic rings. The summed E-state index contributed by atoms with van der Waals surface area (Å²) in [6.45, 7) is 8.40. The highest BCUT2D eigenvalue weighted by Gasteiger charge is 2.20. The van der Waals surface area contributed by atoms with Crippen molar-refractivity contribution in [2.24, 2.45) is 0 Å². The van der Waals surface area contributed by atoms with Gasteiger partial charge in [-0.25, -0.2) is 0 Å². The first-order valence-corrected chi connectivity index (χ1v) is 7.32. The number of amides is 1. The van der Waals surface area contributed by atoms with Crippen molar-refractivity contribution in [3.05, 3.63) is 39.4 Å². The zero-order valence-corrected chi connectivity index (χ0v) is 13.6. The molecule has 20 heavy (non-hydrogen) atoms. The van der Waals surface area contributed by atoms with Crippen molar-refractivity contribution in [1.82, 2.24) is 15.0 Å². The molecule has 2 aromatic rings. The average molecular weight is 340 g/mol. The van der Waals surface area contributed by atoms with Gasteiger partial charge in [0.25, 0.3) is 5.91 Å². The van der Waals surface area contributed by atoms with Crippen molar-refractivity contribution in [2.45, 2.75) is 40.3 Å². The molecule has 1 amide bonds. The topological polar surface area (TPSA) is 60.1 Å². The molecule has 1 N–H and O–H groups in total. The number of rotatable bonds is 4. The monoisotopic (exact) mass is 339 g/mol. The van der Waals surface area contributed by atoms with E-state index in [0.29, 0.717) is 5.69 Å². The second-order valence-corrected chi connectivity index (χ2v) is 5.68. The van der Waals surface area contributed by atoms with E-state index in [4.69, 9.17) is 4.52 Å². The Morgan fingerprint density at radius 3 is 2.80 bits per heavy atom. The predicted molar refractivity (Wildman–Crippen MR) is 79.7 cm³/mol. The fourth-order valence-corrected chi connectivity index (χ4v) is 2.84. The Bertz CT molecular complexity index is 611. The maximum absolute atomic E-state index is 12.4. The van der Waals surface area contributed by atoms with Gasteiger partial charge in [-0.1, -0.05) is 5.16 Å². The van der Waals surface area contributed by atoms with Crippen molar-refractivity contribution in [3.8, 4) is 0 Å². The number of carbonyl (C=O) groups excluding carboxylic acids is 1. The highest BCUT2D eigenvalue weighted by molar-refractivity contribution is 9.10. The molecule has 5 nitrogen and oxygen atoms in total. The summed E-state index contributed by atoms with van der Waals surface area (Å²) < 4.78 is 7.94. The molecule has 1 unspecified atom stereocenters. The van der Waals surface area contributed by atoms with Gasteiger partial charge in [-0.15, -0.1) is 0 Å². The molecule has 2 heterocycles. The predicted octanol–water partition coefficient (Wildman–Crippen LogP) is 3.37. The first kappa shape index (κ1) is 14.8. The van der Waals surface area contributed by atoms with Crippen LogP contribution in [-0.4, -0.2) is 15.6 Å². The SMILES string of the molecule is CCn1cc(Br)cc1C(=O)NC(C)c1c(C)noc1C. The normalized spacial score (nSPS) is 12.4. The van der Waals surface area contributed by atoms with Gasteiger partial charge in [0.2, 0.25) is 0 Å². The van der Waals surface area contributed by atoms with Crippen molar-refractivity contribution in [1.29, 1.82) is 0 Å². The summed E-state index contributed by atoms with van der Waals surface area (Å²) >= 11 is 3.39. The van der Waals surface area contributed by atoms with Crippen LogP contribution in [0.1, 0.15) is 47.4 Å². The van der Waals surface area contributed by atoms with E-state index in [1.807, 2.05) is 44.5 Å². The molecule has 6 heteroatoms. The fraction of sp³-hybridized carbons (Fsp3) is 0.429. The molecule has 1 atom stereocenters. The number of halogens is 1. The van der Waals surface area contributed by atoms with E-state index < -0.39 is 0 Å². The van der Waals surface area contributed by atoms with Crippen LogP contribution in [0.5, 0.6) is 0 Å². The maximum Gasteiger partial charge on any atom is 0.268 e. The summed E-state index contributed by atoms with van der Waals surface area (Å²) in [5, 5.41) is 6.90. The zero-order valence-electron chi connectivity index (χ0n) is 12.0. The molecule has 108 valence electrons. The molecule has 0 aliphatic heterocycles. The van der Waals surface area contributed by atoms with E-state index in [1.54, 1.807) is 0 Å². The molecule has 0 aliphatic carbocycles. The third-order valence-corrected chi connectivity index (χ3v) is 3.74. The van der Waals surface area contributed by atoms with Gasteiger partial charge in [0.15, 0.2) is 0 Å². The van der Waals surface area contributed by atoms with Gasteiger partial charge < -0.3 is 14.4 Å². The van der Waals surface area contributed by atoms with Crippen LogP contribution < -0.4 is 5.32 Å². The number of aromatic nitrogens is 2. The van der Waals surface area contributed by atoms with Crippen molar-refractivity contribution in [2.75, 3.05) is 0 Å². The molecule has 0 saturated heterocycles. The second kappa shape index (κ2) is 5.83. The lowest BCUT2D eigenvalue weighted by Gasteiger charge is -2.14. The third-order valence-electron chi connectivity index (χ3n) is 3.31. The summed E-state index contributed by atoms with van der Waals surface area (Å²) in [4.78, 5) is 12.4. The Labute approximate surface area is 126 Å². The number of nitrogens with one attached hydrogen (secondary N) is 1. The maximum atomic E-state index is 12.4. The molecule has 0 bridgehead atoms. The quantitative estimate of drug-likeness (QED) is 0.928. The first-order chi connectivity index (χ1) is 9.43. The van der Waals surface area contributed by atoms with Crippen LogP contribution >= 0.6 is 15.9 Å². The van der Waals surface area contributed by atoms with Crippen LogP contribution in [0.3, 0.4) is 0 Å². The summed E-state index contributed by atoms with van der Waals surface area (Å²) in [7, 11) is 0. The molecule has 2 rings (SSSR count). The second-order valence-electron chi connectivity index (χ2n) is 4.76. The van der Waals surface area contributed by atoms with Gasteiger partial charge in [0, 0.05) is 22.8 Å².